The molecule has 4 nitrogen and oxygen atoms in total. The van der Waals surface area contributed by atoms with Crippen LogP contribution in [0.2, 0.25) is 0 Å². The Kier molecular flexibility index (Phi) is 4.22. The fraction of sp³-hybridized carbons (Fsp3) is 0.533. The number of rotatable bonds is 4. The Balaban J connectivity index is 2.22. The van der Waals surface area contributed by atoms with Gasteiger partial charge in [0.15, 0.2) is 5.78 Å². The number of ether oxygens (including phenoxy) is 2. The molecule has 1 aliphatic rings. The molecule has 2 unspecified atom stereocenters. The normalized spacial score (nSPS) is 22.5. The van der Waals surface area contributed by atoms with Crippen LogP contribution in [0, 0.1) is 13.8 Å². The fourth-order valence-corrected chi connectivity index (χ4v) is 2.55. The van der Waals surface area contributed by atoms with E-state index in [4.69, 9.17) is 9.47 Å². The quantitative estimate of drug-likeness (QED) is 0.843. The molecular formula is C15H21NO3. The number of benzene rings is 1. The first kappa shape index (κ1) is 14.0. The summed E-state index contributed by atoms with van der Waals surface area (Å²) in [5.74, 6) is 0.964. The van der Waals surface area contributed by atoms with Crippen LogP contribution in [-0.2, 0) is 4.74 Å². The molecule has 4 heteroatoms. The number of Topliss-reactive ketones (excluding diaryl/α,β-unsaturated/α-hetero) is 1. The van der Waals surface area contributed by atoms with Crippen LogP contribution >= 0.6 is 0 Å². The minimum Gasteiger partial charge on any atom is -0.496 e. The summed E-state index contributed by atoms with van der Waals surface area (Å²) in [5, 5.41) is 3.23. The minimum atomic E-state index is -0.142. The van der Waals surface area contributed by atoms with Gasteiger partial charge in [-0.1, -0.05) is 0 Å². The molecule has 0 spiro atoms. The molecule has 0 bridgehead atoms. The monoisotopic (exact) mass is 263 g/mol. The van der Waals surface area contributed by atoms with Crippen molar-refractivity contribution in [3.63, 3.8) is 0 Å². The van der Waals surface area contributed by atoms with Crippen molar-refractivity contribution < 1.29 is 14.3 Å². The van der Waals surface area contributed by atoms with E-state index in [0.717, 1.165) is 35.4 Å². The number of methoxy groups -OCH3 is 2. The Hall–Kier alpha value is -1.39. The smallest absolute Gasteiger partial charge is 0.180 e. The highest BCUT2D eigenvalue weighted by atomic mass is 16.5. The first-order valence-electron chi connectivity index (χ1n) is 6.52. The van der Waals surface area contributed by atoms with E-state index in [2.05, 4.69) is 5.32 Å². The van der Waals surface area contributed by atoms with Crippen molar-refractivity contribution in [1.82, 2.24) is 5.32 Å². The highest BCUT2D eigenvalue weighted by Crippen LogP contribution is 2.25. The van der Waals surface area contributed by atoms with Gasteiger partial charge in [-0.2, -0.15) is 0 Å². The average molecular weight is 263 g/mol. The van der Waals surface area contributed by atoms with Gasteiger partial charge in [0.05, 0.1) is 19.3 Å². The molecule has 19 heavy (non-hydrogen) atoms. The van der Waals surface area contributed by atoms with Crippen molar-refractivity contribution in [3.05, 3.63) is 28.8 Å². The molecule has 1 aromatic rings. The molecule has 0 aromatic heterocycles. The van der Waals surface area contributed by atoms with Gasteiger partial charge in [-0.15, -0.1) is 0 Å². The second kappa shape index (κ2) is 5.72. The van der Waals surface area contributed by atoms with Gasteiger partial charge in [0.2, 0.25) is 0 Å². The summed E-state index contributed by atoms with van der Waals surface area (Å²) in [7, 11) is 3.33. The van der Waals surface area contributed by atoms with Gasteiger partial charge >= 0.3 is 0 Å². The third kappa shape index (κ3) is 2.80. The van der Waals surface area contributed by atoms with Gasteiger partial charge in [0, 0.05) is 19.2 Å². The predicted molar refractivity (Wildman–Crippen MR) is 74.0 cm³/mol. The Labute approximate surface area is 114 Å². The van der Waals surface area contributed by atoms with Crippen LogP contribution in [-0.4, -0.2) is 38.7 Å². The standard InChI is InChI=1S/C15H21NO3/c1-9-6-14(19-4)10(2)5-12(9)15(17)13-7-11(18-3)8-16-13/h5-6,11,13,16H,7-8H2,1-4H3. The number of hydrogen-bond acceptors (Lipinski definition) is 4. The molecule has 1 aliphatic heterocycles. The van der Waals surface area contributed by atoms with Crippen molar-refractivity contribution in [2.45, 2.75) is 32.4 Å². The van der Waals surface area contributed by atoms with Gasteiger partial charge in [0.1, 0.15) is 5.75 Å². The Morgan fingerprint density at radius 2 is 2.00 bits per heavy atom. The van der Waals surface area contributed by atoms with Gasteiger partial charge in [0.25, 0.3) is 0 Å². The van der Waals surface area contributed by atoms with Gasteiger partial charge in [-0.25, -0.2) is 0 Å². The largest absolute Gasteiger partial charge is 0.496 e. The van der Waals surface area contributed by atoms with Crippen molar-refractivity contribution in [2.24, 2.45) is 0 Å². The fourth-order valence-electron chi connectivity index (χ4n) is 2.55. The van der Waals surface area contributed by atoms with E-state index in [9.17, 15) is 4.79 Å². The van der Waals surface area contributed by atoms with Crippen molar-refractivity contribution in [2.75, 3.05) is 20.8 Å². The highest BCUT2D eigenvalue weighted by molar-refractivity contribution is 6.01. The SMILES string of the molecule is COc1cc(C)c(C(=O)C2CC(OC)CN2)cc1C. The van der Waals surface area contributed by atoms with E-state index >= 15 is 0 Å². The average Bonchev–Trinajstić information content (AvgIpc) is 2.89. The number of aryl methyl sites for hydroxylation is 2. The maximum absolute atomic E-state index is 12.5. The first-order chi connectivity index (χ1) is 9.06. The minimum absolute atomic E-state index is 0.133. The molecule has 0 radical (unpaired) electrons. The van der Waals surface area contributed by atoms with Crippen LogP contribution < -0.4 is 10.1 Å². The molecule has 2 atom stereocenters. The zero-order valence-corrected chi connectivity index (χ0v) is 11.9. The highest BCUT2D eigenvalue weighted by Gasteiger charge is 2.30. The predicted octanol–water partition coefficient (Wildman–Crippen LogP) is 1.87. The van der Waals surface area contributed by atoms with E-state index < -0.39 is 0 Å². The molecular weight excluding hydrogens is 242 g/mol. The van der Waals surface area contributed by atoms with Crippen LogP contribution in [0.5, 0.6) is 5.75 Å². The van der Waals surface area contributed by atoms with E-state index in [1.54, 1.807) is 14.2 Å². The van der Waals surface area contributed by atoms with Crippen LogP contribution in [0.25, 0.3) is 0 Å². The summed E-state index contributed by atoms with van der Waals surface area (Å²) < 4.78 is 10.6. The molecule has 1 N–H and O–H groups in total. The van der Waals surface area contributed by atoms with Crippen molar-refractivity contribution in [1.29, 1.82) is 0 Å². The number of ketones is 1. The Bertz CT molecular complexity index is 485. The third-order valence-electron chi connectivity index (χ3n) is 3.75. The van der Waals surface area contributed by atoms with Crippen molar-refractivity contribution in [3.8, 4) is 5.75 Å². The summed E-state index contributed by atoms with van der Waals surface area (Å²) in [6.07, 6.45) is 0.869. The summed E-state index contributed by atoms with van der Waals surface area (Å²) >= 11 is 0. The van der Waals surface area contributed by atoms with E-state index in [1.807, 2.05) is 26.0 Å². The van der Waals surface area contributed by atoms with E-state index in [0.29, 0.717) is 0 Å². The zero-order valence-electron chi connectivity index (χ0n) is 11.9. The Morgan fingerprint density at radius 3 is 2.58 bits per heavy atom. The third-order valence-corrected chi connectivity index (χ3v) is 3.75. The second-order valence-electron chi connectivity index (χ2n) is 5.06. The van der Waals surface area contributed by atoms with Gasteiger partial charge in [-0.3, -0.25) is 4.79 Å². The van der Waals surface area contributed by atoms with Crippen molar-refractivity contribution >= 4 is 5.78 Å². The number of hydrogen-bond donors (Lipinski definition) is 1. The molecule has 0 amide bonds. The summed E-state index contributed by atoms with van der Waals surface area (Å²) in [4.78, 5) is 12.5. The second-order valence-corrected chi connectivity index (χ2v) is 5.06. The summed E-state index contributed by atoms with van der Waals surface area (Å²) in [6, 6.07) is 3.69. The molecule has 1 fully saturated rings. The van der Waals surface area contributed by atoms with E-state index in [1.165, 1.54) is 0 Å². The van der Waals surface area contributed by atoms with Gasteiger partial charge in [-0.05, 0) is 43.5 Å². The maximum atomic E-state index is 12.5. The summed E-state index contributed by atoms with van der Waals surface area (Å²) in [6.45, 7) is 4.63. The number of carbonyl (C=O) groups is 1. The summed E-state index contributed by atoms with van der Waals surface area (Å²) in [5.41, 5.74) is 2.71. The number of nitrogens with one attached hydrogen (secondary N) is 1. The topological polar surface area (TPSA) is 47.6 Å². The molecule has 1 saturated heterocycles. The lowest BCUT2D eigenvalue weighted by molar-refractivity contribution is 0.0918. The van der Waals surface area contributed by atoms with E-state index in [-0.39, 0.29) is 17.9 Å². The Morgan fingerprint density at radius 1 is 1.26 bits per heavy atom. The van der Waals surface area contributed by atoms with Crippen LogP contribution in [0.4, 0.5) is 0 Å². The lowest BCUT2D eigenvalue weighted by Gasteiger charge is -2.14. The molecule has 0 aliphatic carbocycles. The molecule has 0 saturated carbocycles. The molecule has 1 aromatic carbocycles. The molecule has 104 valence electrons. The van der Waals surface area contributed by atoms with Crippen LogP contribution in [0.15, 0.2) is 12.1 Å². The first-order valence-corrected chi connectivity index (χ1v) is 6.52. The molecule has 1 heterocycles. The molecule has 2 rings (SSSR count). The lowest BCUT2D eigenvalue weighted by Crippen LogP contribution is -2.31. The zero-order chi connectivity index (χ0) is 14.0. The van der Waals surface area contributed by atoms with Gasteiger partial charge < -0.3 is 14.8 Å². The van der Waals surface area contributed by atoms with Crippen LogP contribution in [0.1, 0.15) is 27.9 Å². The maximum Gasteiger partial charge on any atom is 0.180 e. The van der Waals surface area contributed by atoms with Crippen LogP contribution in [0.3, 0.4) is 0 Å². The number of carbonyl (C=O) groups excluding carboxylic acids is 1. The lowest BCUT2D eigenvalue weighted by atomic mass is 9.96.